The second-order valence-electron chi connectivity index (χ2n) is 6.39. The van der Waals surface area contributed by atoms with E-state index in [4.69, 9.17) is 14.4 Å². The summed E-state index contributed by atoms with van der Waals surface area (Å²) in [6.07, 6.45) is 10.7. The molecule has 0 aliphatic carbocycles. The Hall–Kier alpha value is -1.15. The summed E-state index contributed by atoms with van der Waals surface area (Å²) in [5, 5.41) is 8.71. The van der Waals surface area contributed by atoms with Crippen molar-refractivity contribution in [3.05, 3.63) is 0 Å². The van der Waals surface area contributed by atoms with Crippen molar-refractivity contribution < 1.29 is 32.4 Å². The molecule has 0 aliphatic rings. The Kier molecular flexibility index (Phi) is 13.4. The van der Waals surface area contributed by atoms with Crippen LogP contribution < -0.4 is 0 Å². The predicted molar refractivity (Wildman–Crippen MR) is 95.0 cm³/mol. The van der Waals surface area contributed by atoms with Gasteiger partial charge in [-0.05, 0) is 6.42 Å². The van der Waals surface area contributed by atoms with Crippen molar-refractivity contribution in [2.24, 2.45) is 5.92 Å². The van der Waals surface area contributed by atoms with Crippen LogP contribution in [0.4, 0.5) is 0 Å². The predicted octanol–water partition coefficient (Wildman–Crippen LogP) is 3.43. The van der Waals surface area contributed by atoms with Crippen molar-refractivity contribution in [2.75, 3.05) is 12.4 Å². The van der Waals surface area contributed by atoms with Crippen LogP contribution in [0.3, 0.4) is 0 Å². The highest BCUT2D eigenvalue weighted by Gasteiger charge is 2.28. The second kappa shape index (κ2) is 14.1. The van der Waals surface area contributed by atoms with Gasteiger partial charge in [0, 0.05) is 0 Å². The summed E-state index contributed by atoms with van der Waals surface area (Å²) in [4.78, 5) is 22.4. The van der Waals surface area contributed by atoms with Crippen molar-refractivity contribution in [2.45, 2.75) is 77.6 Å². The van der Waals surface area contributed by atoms with E-state index in [1.807, 2.05) is 0 Å². The lowest BCUT2D eigenvalue weighted by Crippen LogP contribution is -2.28. The SMILES string of the molecule is CCCCCCCCCCCCOC(=O)C(CC(=O)O)CS(=O)(=O)O. The topological polar surface area (TPSA) is 118 Å². The number of carbonyl (C=O) groups excluding carboxylic acids is 1. The maximum atomic E-state index is 11.8. The standard InChI is InChI=1S/C17H32O7S/c1-2-3-4-5-6-7-8-9-10-11-12-24-17(20)15(13-16(18)19)14-25(21,22)23/h15H,2-14H2,1H3,(H,18,19)(H,21,22,23). The molecule has 0 heterocycles. The van der Waals surface area contributed by atoms with E-state index in [1.165, 1.54) is 38.5 Å². The van der Waals surface area contributed by atoms with E-state index in [2.05, 4.69) is 6.92 Å². The number of unbranched alkanes of at least 4 members (excludes halogenated alkanes) is 9. The number of ether oxygens (including phenoxy) is 1. The molecule has 0 radical (unpaired) electrons. The molecule has 0 aromatic carbocycles. The quantitative estimate of drug-likeness (QED) is 0.239. The first-order chi connectivity index (χ1) is 11.8. The fourth-order valence-corrected chi connectivity index (χ4v) is 3.32. The Morgan fingerprint density at radius 2 is 1.40 bits per heavy atom. The fourth-order valence-electron chi connectivity index (χ4n) is 2.56. The number of carboxylic acid groups (broad SMARTS) is 1. The van der Waals surface area contributed by atoms with Crippen LogP contribution in [0.15, 0.2) is 0 Å². The summed E-state index contributed by atoms with van der Waals surface area (Å²) < 4.78 is 35.4. The third kappa shape index (κ3) is 16.1. The van der Waals surface area contributed by atoms with Crippen LogP contribution in [0.2, 0.25) is 0 Å². The molecule has 0 saturated carbocycles. The number of carboxylic acids is 1. The molecule has 0 amide bonds. The molecular formula is C17H32O7S. The average Bonchev–Trinajstić information content (AvgIpc) is 2.50. The van der Waals surface area contributed by atoms with Crippen molar-refractivity contribution in [1.29, 1.82) is 0 Å². The molecule has 0 aromatic heterocycles. The zero-order valence-electron chi connectivity index (χ0n) is 15.1. The molecule has 0 saturated heterocycles. The van der Waals surface area contributed by atoms with Gasteiger partial charge in [0.2, 0.25) is 0 Å². The molecule has 0 spiro atoms. The maximum absolute atomic E-state index is 11.8. The van der Waals surface area contributed by atoms with Gasteiger partial charge in [-0.2, -0.15) is 8.42 Å². The van der Waals surface area contributed by atoms with Gasteiger partial charge in [0.15, 0.2) is 0 Å². The molecule has 1 unspecified atom stereocenters. The van der Waals surface area contributed by atoms with Gasteiger partial charge in [-0.3, -0.25) is 14.1 Å². The van der Waals surface area contributed by atoms with E-state index in [9.17, 15) is 18.0 Å². The van der Waals surface area contributed by atoms with Gasteiger partial charge in [-0.25, -0.2) is 0 Å². The van der Waals surface area contributed by atoms with Crippen molar-refractivity contribution in [1.82, 2.24) is 0 Å². The molecular weight excluding hydrogens is 348 g/mol. The molecule has 25 heavy (non-hydrogen) atoms. The number of rotatable bonds is 16. The summed E-state index contributed by atoms with van der Waals surface area (Å²) in [5.74, 6) is -4.52. The van der Waals surface area contributed by atoms with Crippen LogP contribution in [0.5, 0.6) is 0 Å². The highest BCUT2D eigenvalue weighted by Crippen LogP contribution is 2.12. The molecule has 7 nitrogen and oxygen atoms in total. The van der Waals surface area contributed by atoms with Gasteiger partial charge in [0.1, 0.15) is 0 Å². The van der Waals surface area contributed by atoms with Crippen LogP contribution in [0, 0.1) is 5.92 Å². The Bertz CT molecular complexity index is 473. The smallest absolute Gasteiger partial charge is 0.310 e. The lowest BCUT2D eigenvalue weighted by molar-refractivity contribution is -0.152. The van der Waals surface area contributed by atoms with E-state index in [0.717, 1.165) is 19.3 Å². The number of hydrogen-bond donors (Lipinski definition) is 2. The lowest BCUT2D eigenvalue weighted by atomic mass is 10.1. The van der Waals surface area contributed by atoms with Gasteiger partial charge < -0.3 is 9.84 Å². The van der Waals surface area contributed by atoms with Crippen LogP contribution in [-0.4, -0.2) is 42.4 Å². The minimum atomic E-state index is -4.43. The van der Waals surface area contributed by atoms with E-state index >= 15 is 0 Å². The van der Waals surface area contributed by atoms with E-state index in [1.54, 1.807) is 0 Å². The van der Waals surface area contributed by atoms with E-state index in [0.29, 0.717) is 6.42 Å². The van der Waals surface area contributed by atoms with Gasteiger partial charge >= 0.3 is 11.9 Å². The van der Waals surface area contributed by atoms with Crippen LogP contribution in [-0.2, 0) is 24.4 Å². The normalized spacial score (nSPS) is 12.7. The Morgan fingerprint density at radius 1 is 0.920 bits per heavy atom. The van der Waals surface area contributed by atoms with Gasteiger partial charge in [0.25, 0.3) is 10.1 Å². The Morgan fingerprint density at radius 3 is 1.84 bits per heavy atom. The molecule has 2 N–H and O–H groups in total. The summed E-state index contributed by atoms with van der Waals surface area (Å²) in [6.45, 7) is 2.33. The van der Waals surface area contributed by atoms with Crippen LogP contribution in [0.25, 0.3) is 0 Å². The highest BCUT2D eigenvalue weighted by atomic mass is 32.2. The van der Waals surface area contributed by atoms with Gasteiger partial charge in [0.05, 0.1) is 24.7 Å². The molecule has 8 heteroatoms. The first-order valence-electron chi connectivity index (χ1n) is 9.10. The summed E-state index contributed by atoms with van der Waals surface area (Å²) in [6, 6.07) is 0. The number of carbonyl (C=O) groups is 2. The molecule has 1 atom stereocenters. The molecule has 148 valence electrons. The number of hydrogen-bond acceptors (Lipinski definition) is 5. The van der Waals surface area contributed by atoms with Crippen molar-refractivity contribution in [3.8, 4) is 0 Å². The summed E-state index contributed by atoms with van der Waals surface area (Å²) in [7, 11) is -4.43. The van der Waals surface area contributed by atoms with E-state index < -0.39 is 40.1 Å². The van der Waals surface area contributed by atoms with Gasteiger partial charge in [-0.1, -0.05) is 64.7 Å². The maximum Gasteiger partial charge on any atom is 0.310 e. The van der Waals surface area contributed by atoms with Crippen molar-refractivity contribution >= 4 is 22.1 Å². The minimum absolute atomic E-state index is 0.136. The van der Waals surface area contributed by atoms with Crippen LogP contribution >= 0.6 is 0 Å². The Labute approximate surface area is 150 Å². The van der Waals surface area contributed by atoms with Gasteiger partial charge in [-0.15, -0.1) is 0 Å². The molecule has 0 aliphatic heterocycles. The van der Waals surface area contributed by atoms with E-state index in [-0.39, 0.29) is 6.61 Å². The first-order valence-corrected chi connectivity index (χ1v) is 10.7. The zero-order valence-corrected chi connectivity index (χ0v) is 15.9. The summed E-state index contributed by atoms with van der Waals surface area (Å²) >= 11 is 0. The third-order valence-corrected chi connectivity index (χ3v) is 4.73. The fraction of sp³-hybridized carbons (Fsp3) is 0.882. The molecule has 0 rings (SSSR count). The van der Waals surface area contributed by atoms with Crippen LogP contribution in [0.1, 0.15) is 77.6 Å². The van der Waals surface area contributed by atoms with Crippen molar-refractivity contribution in [3.63, 3.8) is 0 Å². The molecule has 0 aromatic rings. The average molecular weight is 381 g/mol. The monoisotopic (exact) mass is 380 g/mol. The first kappa shape index (κ1) is 23.9. The molecule has 0 bridgehead atoms. The number of esters is 1. The third-order valence-electron chi connectivity index (χ3n) is 3.91. The minimum Gasteiger partial charge on any atom is -0.481 e. The number of aliphatic carboxylic acids is 1. The lowest BCUT2D eigenvalue weighted by Gasteiger charge is -2.12. The highest BCUT2D eigenvalue weighted by molar-refractivity contribution is 7.85. The molecule has 0 fully saturated rings. The zero-order chi connectivity index (χ0) is 19.1. The Balaban J connectivity index is 3.80. The summed E-state index contributed by atoms with van der Waals surface area (Å²) in [5.41, 5.74) is 0. The largest absolute Gasteiger partial charge is 0.481 e. The second-order valence-corrected chi connectivity index (χ2v) is 7.89.